The number of thiophene rings is 2. The Balaban J connectivity index is 0.000000291. The number of rotatable bonds is 2. The summed E-state index contributed by atoms with van der Waals surface area (Å²) in [5.41, 5.74) is -0.105. The van der Waals surface area contributed by atoms with Crippen molar-refractivity contribution < 1.29 is 19.8 Å². The highest BCUT2D eigenvalue weighted by Crippen LogP contribution is 2.24. The fourth-order valence-corrected chi connectivity index (χ4v) is 4.12. The second-order valence-electron chi connectivity index (χ2n) is 8.06. The Morgan fingerprint density at radius 1 is 0.862 bits per heavy atom. The first-order chi connectivity index (χ1) is 13.2. The average Bonchev–Trinajstić information content (AvgIpc) is 3.17. The molecule has 0 fully saturated rings. The molecule has 29 heavy (non-hydrogen) atoms. The van der Waals surface area contributed by atoms with Gasteiger partial charge in [0.2, 0.25) is 0 Å². The van der Waals surface area contributed by atoms with Crippen molar-refractivity contribution in [2.45, 2.75) is 41.5 Å². The molecule has 0 saturated carbocycles. The van der Waals surface area contributed by atoms with Crippen molar-refractivity contribution >= 4 is 57.2 Å². The SMILES string of the molecule is CC(C)(C)C#Cc1cc(I)c(C(=O)O)s1.CC(C)(C)C#Cc1ccc(C(=O)O)s1. The van der Waals surface area contributed by atoms with Crippen LogP contribution in [0, 0.1) is 38.1 Å². The minimum atomic E-state index is -0.890. The maximum absolute atomic E-state index is 10.8. The van der Waals surface area contributed by atoms with E-state index in [-0.39, 0.29) is 10.8 Å². The molecule has 0 radical (unpaired) electrons. The van der Waals surface area contributed by atoms with Gasteiger partial charge < -0.3 is 10.2 Å². The molecule has 7 heteroatoms. The lowest BCUT2D eigenvalue weighted by Gasteiger charge is -2.06. The van der Waals surface area contributed by atoms with Crippen molar-refractivity contribution in [1.29, 1.82) is 0 Å². The van der Waals surface area contributed by atoms with Crippen LogP contribution in [0.3, 0.4) is 0 Å². The van der Waals surface area contributed by atoms with E-state index in [0.29, 0.717) is 9.75 Å². The van der Waals surface area contributed by atoms with E-state index in [9.17, 15) is 9.59 Å². The van der Waals surface area contributed by atoms with Crippen LogP contribution < -0.4 is 0 Å². The molecule has 0 unspecified atom stereocenters. The summed E-state index contributed by atoms with van der Waals surface area (Å²) in [6.07, 6.45) is 0. The van der Waals surface area contributed by atoms with Crippen molar-refractivity contribution in [2.75, 3.05) is 0 Å². The molecule has 0 spiro atoms. The van der Waals surface area contributed by atoms with Crippen LogP contribution in [0.15, 0.2) is 18.2 Å². The van der Waals surface area contributed by atoms with Gasteiger partial charge in [0.1, 0.15) is 9.75 Å². The number of aromatic carboxylic acids is 2. The van der Waals surface area contributed by atoms with Crippen molar-refractivity contribution in [2.24, 2.45) is 10.8 Å². The molecule has 4 nitrogen and oxygen atoms in total. The molecule has 154 valence electrons. The van der Waals surface area contributed by atoms with Crippen LogP contribution in [0.25, 0.3) is 0 Å². The smallest absolute Gasteiger partial charge is 0.347 e. The second-order valence-corrected chi connectivity index (χ2v) is 11.4. The summed E-state index contributed by atoms with van der Waals surface area (Å²) in [7, 11) is 0. The van der Waals surface area contributed by atoms with E-state index in [1.165, 1.54) is 22.7 Å². The second kappa shape index (κ2) is 10.3. The lowest BCUT2D eigenvalue weighted by molar-refractivity contribution is 0.0690. The molecule has 0 aliphatic heterocycles. The summed E-state index contributed by atoms with van der Waals surface area (Å²) in [5.74, 6) is 10.3. The summed E-state index contributed by atoms with van der Waals surface area (Å²) in [6, 6.07) is 5.14. The lowest BCUT2D eigenvalue weighted by atomic mass is 9.98. The van der Waals surface area contributed by atoms with Crippen LogP contribution in [-0.2, 0) is 0 Å². The maximum Gasteiger partial charge on any atom is 0.347 e. The largest absolute Gasteiger partial charge is 0.477 e. The van der Waals surface area contributed by atoms with Crippen LogP contribution in [0.1, 0.15) is 70.6 Å². The number of halogens is 1. The zero-order chi connectivity index (χ0) is 22.4. The summed E-state index contributed by atoms with van der Waals surface area (Å²) in [6.45, 7) is 12.1. The van der Waals surface area contributed by atoms with Gasteiger partial charge in [-0.15, -0.1) is 22.7 Å². The number of hydrogen-bond donors (Lipinski definition) is 2. The van der Waals surface area contributed by atoms with Gasteiger partial charge in [0.15, 0.2) is 0 Å². The Kier molecular flexibility index (Phi) is 8.95. The first kappa shape index (κ1) is 25.2. The molecule has 0 bridgehead atoms. The molecule has 0 aliphatic rings. The van der Waals surface area contributed by atoms with Gasteiger partial charge in [0, 0.05) is 14.4 Å². The van der Waals surface area contributed by atoms with Crippen LogP contribution in [-0.4, -0.2) is 22.2 Å². The van der Waals surface area contributed by atoms with Gasteiger partial charge in [-0.25, -0.2) is 9.59 Å². The number of hydrogen-bond acceptors (Lipinski definition) is 4. The molecule has 0 aromatic carbocycles. The number of carbonyl (C=O) groups is 2. The highest BCUT2D eigenvalue weighted by Gasteiger charge is 2.12. The molecule has 2 aromatic rings. The molecule has 0 atom stereocenters. The number of carboxylic acids is 2. The summed E-state index contributed by atoms with van der Waals surface area (Å²) < 4.78 is 0.753. The summed E-state index contributed by atoms with van der Waals surface area (Å²) in [4.78, 5) is 23.7. The van der Waals surface area contributed by atoms with E-state index in [0.717, 1.165) is 13.3 Å². The summed E-state index contributed by atoms with van der Waals surface area (Å²) >= 11 is 4.46. The monoisotopic (exact) mass is 542 g/mol. The Labute approximate surface area is 193 Å². The molecule has 2 aromatic heterocycles. The maximum atomic E-state index is 10.8. The predicted molar refractivity (Wildman–Crippen MR) is 128 cm³/mol. The Morgan fingerprint density at radius 2 is 1.38 bits per heavy atom. The number of carboxylic acid groups (broad SMARTS) is 2. The van der Waals surface area contributed by atoms with Gasteiger partial charge in [-0.05, 0) is 82.3 Å². The third-order valence-electron chi connectivity index (χ3n) is 2.82. The quantitative estimate of drug-likeness (QED) is 0.346. The van der Waals surface area contributed by atoms with E-state index >= 15 is 0 Å². The molecule has 2 rings (SSSR count). The lowest BCUT2D eigenvalue weighted by Crippen LogP contribution is -1.98. The highest BCUT2D eigenvalue weighted by molar-refractivity contribution is 14.1. The average molecular weight is 542 g/mol. The van der Waals surface area contributed by atoms with Crippen molar-refractivity contribution in [3.63, 3.8) is 0 Å². The molecule has 0 amide bonds. The third kappa shape index (κ3) is 9.98. The minimum absolute atomic E-state index is 0.0482. The van der Waals surface area contributed by atoms with E-state index < -0.39 is 11.9 Å². The van der Waals surface area contributed by atoms with Gasteiger partial charge in [-0.2, -0.15) is 0 Å². The molecule has 2 heterocycles. The van der Waals surface area contributed by atoms with Crippen molar-refractivity contribution in [1.82, 2.24) is 0 Å². The molecule has 2 N–H and O–H groups in total. The topological polar surface area (TPSA) is 74.6 Å². The van der Waals surface area contributed by atoms with Gasteiger partial charge in [0.05, 0.1) is 9.75 Å². The first-order valence-electron chi connectivity index (χ1n) is 8.60. The standard InChI is InChI=1S/C11H11IO2S.C11H12O2S/c1-11(2,3)5-4-7-6-8(12)9(15-7)10(13)14;1-11(2,3)7-6-8-4-5-9(14-8)10(12)13/h6H,1-3H3,(H,13,14);4-5H,1-3H3,(H,12,13). The van der Waals surface area contributed by atoms with E-state index in [4.69, 9.17) is 10.2 Å². The fraction of sp³-hybridized carbons (Fsp3) is 0.364. The van der Waals surface area contributed by atoms with Crippen molar-refractivity contribution in [3.05, 3.63) is 41.3 Å². The van der Waals surface area contributed by atoms with Crippen LogP contribution >= 0.6 is 45.3 Å². The Morgan fingerprint density at radius 3 is 1.76 bits per heavy atom. The van der Waals surface area contributed by atoms with Crippen molar-refractivity contribution in [3.8, 4) is 23.7 Å². The van der Waals surface area contributed by atoms with E-state index in [1.807, 2.05) is 70.2 Å². The third-order valence-corrected chi connectivity index (χ3v) is 6.06. The first-order valence-corrected chi connectivity index (χ1v) is 11.3. The zero-order valence-corrected chi connectivity index (χ0v) is 20.9. The summed E-state index contributed by atoms with van der Waals surface area (Å²) in [5, 5.41) is 17.6. The fourth-order valence-electron chi connectivity index (χ4n) is 1.59. The predicted octanol–water partition coefficient (Wildman–Crippen LogP) is 6.29. The zero-order valence-electron chi connectivity index (χ0n) is 17.1. The highest BCUT2D eigenvalue weighted by atomic mass is 127. The van der Waals surface area contributed by atoms with Crippen LogP contribution in [0.4, 0.5) is 0 Å². The minimum Gasteiger partial charge on any atom is -0.477 e. The van der Waals surface area contributed by atoms with Crippen LogP contribution in [0.2, 0.25) is 0 Å². The van der Waals surface area contributed by atoms with Gasteiger partial charge in [-0.3, -0.25) is 0 Å². The van der Waals surface area contributed by atoms with Gasteiger partial charge in [-0.1, -0.05) is 23.7 Å². The molecular formula is C22H23IO4S2. The van der Waals surface area contributed by atoms with E-state index in [1.54, 1.807) is 12.1 Å². The van der Waals surface area contributed by atoms with Gasteiger partial charge in [0.25, 0.3) is 0 Å². The van der Waals surface area contributed by atoms with E-state index in [2.05, 4.69) is 23.7 Å². The molecule has 0 aliphatic carbocycles. The molecular weight excluding hydrogens is 519 g/mol. The van der Waals surface area contributed by atoms with Crippen LogP contribution in [0.5, 0.6) is 0 Å². The Hall–Kier alpha value is -1.81. The normalized spacial score (nSPS) is 10.6. The molecule has 0 saturated heterocycles. The Bertz CT molecular complexity index is 1010. The van der Waals surface area contributed by atoms with Gasteiger partial charge >= 0.3 is 11.9 Å².